The smallest absolute Gasteiger partial charge is 0.347 e. The van der Waals surface area contributed by atoms with Crippen LogP contribution >= 0.6 is 15.9 Å². The van der Waals surface area contributed by atoms with Crippen molar-refractivity contribution in [3.05, 3.63) is 57.2 Å². The summed E-state index contributed by atoms with van der Waals surface area (Å²) >= 11 is 3.41. The lowest BCUT2D eigenvalue weighted by molar-refractivity contribution is 0.725. The minimum absolute atomic E-state index is 0.258. The van der Waals surface area contributed by atoms with Crippen LogP contribution in [0.25, 0.3) is 0 Å². The molecule has 82 valence electrons. The van der Waals surface area contributed by atoms with E-state index < -0.39 is 0 Å². The van der Waals surface area contributed by atoms with Gasteiger partial charge in [0.1, 0.15) is 0 Å². The van der Waals surface area contributed by atoms with Crippen molar-refractivity contribution in [2.75, 3.05) is 5.73 Å². The van der Waals surface area contributed by atoms with E-state index in [9.17, 15) is 4.79 Å². The molecule has 16 heavy (non-hydrogen) atoms. The molecule has 1 aromatic heterocycles. The van der Waals surface area contributed by atoms with E-state index in [4.69, 9.17) is 5.73 Å². The zero-order valence-electron chi connectivity index (χ0n) is 8.43. The van der Waals surface area contributed by atoms with Crippen LogP contribution in [0.5, 0.6) is 0 Å². The SMILES string of the molecule is Nc1ccc(Cn2cccnc2=O)c(Br)c1. The molecule has 0 aliphatic heterocycles. The lowest BCUT2D eigenvalue weighted by Gasteiger charge is -2.07. The Bertz CT molecular complexity index is 565. The molecule has 0 saturated carbocycles. The van der Waals surface area contributed by atoms with Crippen LogP contribution in [0.3, 0.4) is 0 Å². The van der Waals surface area contributed by atoms with Crippen LogP contribution < -0.4 is 11.4 Å². The zero-order valence-corrected chi connectivity index (χ0v) is 10.0. The van der Waals surface area contributed by atoms with Crippen molar-refractivity contribution >= 4 is 21.6 Å². The molecule has 0 unspecified atom stereocenters. The number of benzene rings is 1. The molecule has 1 heterocycles. The number of hydrogen-bond donors (Lipinski definition) is 1. The highest BCUT2D eigenvalue weighted by Gasteiger charge is 2.02. The van der Waals surface area contributed by atoms with Crippen LogP contribution in [0, 0.1) is 0 Å². The van der Waals surface area contributed by atoms with Crippen molar-refractivity contribution in [3.63, 3.8) is 0 Å². The number of aromatic nitrogens is 2. The topological polar surface area (TPSA) is 60.9 Å². The minimum atomic E-state index is -0.258. The number of anilines is 1. The lowest BCUT2D eigenvalue weighted by atomic mass is 10.2. The van der Waals surface area contributed by atoms with Gasteiger partial charge >= 0.3 is 5.69 Å². The van der Waals surface area contributed by atoms with Gasteiger partial charge in [-0.2, -0.15) is 0 Å². The monoisotopic (exact) mass is 279 g/mol. The second kappa shape index (κ2) is 4.49. The summed E-state index contributed by atoms with van der Waals surface area (Å²) in [7, 11) is 0. The molecular formula is C11H10BrN3O. The Kier molecular flexibility index (Phi) is 3.05. The van der Waals surface area contributed by atoms with Gasteiger partial charge in [0, 0.05) is 22.6 Å². The molecule has 1 aromatic carbocycles. The molecule has 4 nitrogen and oxygen atoms in total. The number of nitrogens with two attached hydrogens (primary N) is 1. The van der Waals surface area contributed by atoms with Gasteiger partial charge in [0.05, 0.1) is 6.54 Å². The molecule has 0 spiro atoms. The maximum atomic E-state index is 11.4. The molecule has 0 amide bonds. The molecule has 0 fully saturated rings. The first kappa shape index (κ1) is 10.9. The van der Waals surface area contributed by atoms with Gasteiger partial charge in [0.15, 0.2) is 0 Å². The molecule has 0 bridgehead atoms. The van der Waals surface area contributed by atoms with Crippen LogP contribution in [0.4, 0.5) is 5.69 Å². The van der Waals surface area contributed by atoms with Gasteiger partial charge in [-0.3, -0.25) is 4.57 Å². The van der Waals surface area contributed by atoms with E-state index in [-0.39, 0.29) is 5.69 Å². The Hall–Kier alpha value is -1.62. The zero-order chi connectivity index (χ0) is 11.5. The number of nitrogens with zero attached hydrogens (tertiary/aromatic N) is 2. The van der Waals surface area contributed by atoms with Crippen LogP contribution in [0.2, 0.25) is 0 Å². The first-order valence-corrected chi connectivity index (χ1v) is 5.51. The second-order valence-corrected chi connectivity index (χ2v) is 4.24. The van der Waals surface area contributed by atoms with E-state index in [0.717, 1.165) is 10.0 Å². The fourth-order valence-corrected chi connectivity index (χ4v) is 1.90. The Balaban J connectivity index is 2.35. The Morgan fingerprint density at radius 1 is 1.44 bits per heavy atom. The number of hydrogen-bond acceptors (Lipinski definition) is 3. The summed E-state index contributed by atoms with van der Waals surface area (Å²) in [5.41, 5.74) is 7.06. The van der Waals surface area contributed by atoms with Gasteiger partial charge in [-0.05, 0) is 23.8 Å². The van der Waals surface area contributed by atoms with Crippen molar-refractivity contribution in [1.82, 2.24) is 9.55 Å². The van der Waals surface area contributed by atoms with Crippen LogP contribution in [-0.2, 0) is 6.54 Å². The Labute approximate surface area is 101 Å². The fourth-order valence-electron chi connectivity index (χ4n) is 1.38. The molecule has 0 aliphatic carbocycles. The number of rotatable bonds is 2. The van der Waals surface area contributed by atoms with Crippen LogP contribution in [0.15, 0.2) is 45.9 Å². The van der Waals surface area contributed by atoms with Crippen molar-refractivity contribution < 1.29 is 0 Å². The molecule has 0 saturated heterocycles. The predicted octanol–water partition coefficient (Wildman–Crippen LogP) is 1.64. The molecule has 0 aliphatic rings. The average Bonchev–Trinajstić information content (AvgIpc) is 2.25. The first-order valence-electron chi connectivity index (χ1n) is 4.72. The van der Waals surface area contributed by atoms with Gasteiger partial charge in [0.25, 0.3) is 0 Å². The van der Waals surface area contributed by atoms with E-state index in [1.54, 1.807) is 12.3 Å². The summed E-state index contributed by atoms with van der Waals surface area (Å²) in [4.78, 5) is 15.1. The predicted molar refractivity (Wildman–Crippen MR) is 66.2 cm³/mol. The minimum Gasteiger partial charge on any atom is -0.399 e. The molecule has 0 atom stereocenters. The molecule has 5 heteroatoms. The summed E-state index contributed by atoms with van der Waals surface area (Å²) in [6.07, 6.45) is 3.19. The van der Waals surface area contributed by atoms with E-state index >= 15 is 0 Å². The van der Waals surface area contributed by atoms with E-state index in [0.29, 0.717) is 12.2 Å². The largest absolute Gasteiger partial charge is 0.399 e. The summed E-state index contributed by atoms with van der Waals surface area (Å²) in [6, 6.07) is 7.24. The maximum absolute atomic E-state index is 11.4. The Morgan fingerprint density at radius 3 is 2.94 bits per heavy atom. The molecule has 0 radical (unpaired) electrons. The Morgan fingerprint density at radius 2 is 2.25 bits per heavy atom. The molecular weight excluding hydrogens is 270 g/mol. The van der Waals surface area contributed by atoms with Crippen molar-refractivity contribution in [2.45, 2.75) is 6.54 Å². The molecule has 2 aromatic rings. The maximum Gasteiger partial charge on any atom is 0.347 e. The average molecular weight is 280 g/mol. The fraction of sp³-hybridized carbons (Fsp3) is 0.0909. The van der Waals surface area contributed by atoms with Gasteiger partial charge in [0.2, 0.25) is 0 Å². The van der Waals surface area contributed by atoms with Gasteiger partial charge < -0.3 is 5.73 Å². The summed E-state index contributed by atoms with van der Waals surface area (Å²) < 4.78 is 2.43. The lowest BCUT2D eigenvalue weighted by Crippen LogP contribution is -2.22. The third-order valence-corrected chi connectivity index (χ3v) is 2.94. The van der Waals surface area contributed by atoms with Crippen molar-refractivity contribution in [3.8, 4) is 0 Å². The third-order valence-electron chi connectivity index (χ3n) is 2.20. The standard InChI is InChI=1S/C11H10BrN3O/c12-10-6-9(13)3-2-8(10)7-15-5-1-4-14-11(15)16/h1-6H,7,13H2. The third kappa shape index (κ3) is 2.30. The van der Waals surface area contributed by atoms with E-state index in [1.807, 2.05) is 18.2 Å². The number of nitrogen functional groups attached to an aromatic ring is 1. The first-order chi connectivity index (χ1) is 7.66. The summed E-state index contributed by atoms with van der Waals surface area (Å²) in [5, 5.41) is 0. The molecule has 2 rings (SSSR count). The normalized spacial score (nSPS) is 10.3. The summed E-state index contributed by atoms with van der Waals surface area (Å²) in [6.45, 7) is 0.480. The van der Waals surface area contributed by atoms with Crippen LogP contribution in [-0.4, -0.2) is 9.55 Å². The second-order valence-electron chi connectivity index (χ2n) is 3.38. The highest BCUT2D eigenvalue weighted by Crippen LogP contribution is 2.20. The molecule has 2 N–H and O–H groups in total. The van der Waals surface area contributed by atoms with Crippen molar-refractivity contribution in [2.24, 2.45) is 0 Å². The van der Waals surface area contributed by atoms with Gasteiger partial charge in [-0.15, -0.1) is 0 Å². The van der Waals surface area contributed by atoms with Gasteiger partial charge in [-0.1, -0.05) is 22.0 Å². The highest BCUT2D eigenvalue weighted by atomic mass is 79.9. The van der Waals surface area contributed by atoms with E-state index in [2.05, 4.69) is 20.9 Å². The van der Waals surface area contributed by atoms with E-state index in [1.165, 1.54) is 10.8 Å². The van der Waals surface area contributed by atoms with Gasteiger partial charge in [-0.25, -0.2) is 9.78 Å². The summed E-state index contributed by atoms with van der Waals surface area (Å²) in [5.74, 6) is 0. The quantitative estimate of drug-likeness (QED) is 0.851. The highest BCUT2D eigenvalue weighted by molar-refractivity contribution is 9.10. The number of halogens is 1. The van der Waals surface area contributed by atoms with Crippen LogP contribution in [0.1, 0.15) is 5.56 Å². The van der Waals surface area contributed by atoms with Crippen molar-refractivity contribution in [1.29, 1.82) is 0 Å².